The fourth-order valence-corrected chi connectivity index (χ4v) is 4.32. The van der Waals surface area contributed by atoms with Crippen LogP contribution in [-0.2, 0) is 4.74 Å². The van der Waals surface area contributed by atoms with Crippen molar-refractivity contribution in [3.63, 3.8) is 0 Å². The van der Waals surface area contributed by atoms with Crippen LogP contribution in [0.5, 0.6) is 0 Å². The molecule has 0 radical (unpaired) electrons. The highest BCUT2D eigenvalue weighted by Crippen LogP contribution is 2.32. The Morgan fingerprint density at radius 1 is 1.25 bits per heavy atom. The lowest BCUT2D eigenvalue weighted by Gasteiger charge is -2.34. The van der Waals surface area contributed by atoms with Gasteiger partial charge in [0.15, 0.2) is 5.69 Å². The molecule has 1 saturated carbocycles. The Labute approximate surface area is 162 Å². The first-order valence-corrected chi connectivity index (χ1v) is 9.97. The van der Waals surface area contributed by atoms with Gasteiger partial charge in [0.1, 0.15) is 12.1 Å². The largest absolute Gasteiger partial charge is 0.381 e. The molecule has 0 unspecified atom stereocenters. The van der Waals surface area contributed by atoms with Gasteiger partial charge >= 0.3 is 0 Å². The Morgan fingerprint density at radius 2 is 2.11 bits per heavy atom. The van der Waals surface area contributed by atoms with Crippen LogP contribution in [0.1, 0.15) is 42.6 Å². The van der Waals surface area contributed by atoms with Gasteiger partial charge in [0.25, 0.3) is 5.91 Å². The van der Waals surface area contributed by atoms with Gasteiger partial charge in [0, 0.05) is 29.7 Å². The van der Waals surface area contributed by atoms with E-state index < -0.39 is 0 Å². The summed E-state index contributed by atoms with van der Waals surface area (Å²) < 4.78 is 7.08. The number of nitrogens with one attached hydrogen (secondary N) is 2. The zero-order valence-corrected chi connectivity index (χ0v) is 15.7. The monoisotopic (exact) mass is 380 g/mol. The Hall–Kier alpha value is -2.74. The Bertz CT molecular complexity index is 954. The number of H-pyrrole nitrogens is 1. The average molecular weight is 380 g/mol. The van der Waals surface area contributed by atoms with Crippen molar-refractivity contribution in [1.82, 2.24) is 30.0 Å². The first-order valence-electron chi connectivity index (χ1n) is 9.97. The van der Waals surface area contributed by atoms with Gasteiger partial charge in [-0.05, 0) is 44.1 Å². The molecule has 0 spiro atoms. The molecule has 3 aromatic heterocycles. The third kappa shape index (κ3) is 3.40. The van der Waals surface area contributed by atoms with E-state index in [1.807, 2.05) is 12.3 Å². The maximum Gasteiger partial charge on any atom is 0.272 e. The smallest absolute Gasteiger partial charge is 0.272 e. The van der Waals surface area contributed by atoms with Gasteiger partial charge in [-0.2, -0.15) is 5.10 Å². The lowest BCUT2D eigenvalue weighted by Crippen LogP contribution is -2.39. The van der Waals surface area contributed by atoms with Crippen molar-refractivity contribution in [3.8, 4) is 5.82 Å². The van der Waals surface area contributed by atoms with E-state index >= 15 is 0 Å². The topological polar surface area (TPSA) is 97.7 Å². The number of hydrogen-bond donors (Lipinski definition) is 2. The molecule has 0 bridgehead atoms. The molecule has 4 heterocycles. The molecule has 0 aromatic carbocycles. The van der Waals surface area contributed by atoms with Crippen molar-refractivity contribution >= 4 is 16.8 Å². The van der Waals surface area contributed by atoms with Gasteiger partial charge in [-0.15, -0.1) is 0 Å². The van der Waals surface area contributed by atoms with Gasteiger partial charge in [0.2, 0.25) is 0 Å². The number of aromatic nitrogens is 5. The van der Waals surface area contributed by atoms with Crippen LogP contribution in [0, 0.1) is 11.8 Å². The molecular weight excluding hydrogens is 356 g/mol. The van der Waals surface area contributed by atoms with E-state index in [-0.39, 0.29) is 11.9 Å². The van der Waals surface area contributed by atoms with Gasteiger partial charge in [-0.1, -0.05) is 0 Å². The van der Waals surface area contributed by atoms with E-state index in [9.17, 15) is 4.79 Å². The third-order valence-corrected chi connectivity index (χ3v) is 5.96. The summed E-state index contributed by atoms with van der Waals surface area (Å²) >= 11 is 0. The maximum absolute atomic E-state index is 13.0. The number of rotatable bonds is 5. The molecule has 146 valence electrons. The minimum Gasteiger partial charge on any atom is -0.381 e. The minimum atomic E-state index is -0.146. The summed E-state index contributed by atoms with van der Waals surface area (Å²) in [5, 5.41) is 11.0. The molecule has 8 nitrogen and oxygen atoms in total. The first-order chi connectivity index (χ1) is 13.8. The molecule has 3 aromatic rings. The van der Waals surface area contributed by atoms with Gasteiger partial charge in [-0.3, -0.25) is 14.5 Å². The second-order valence-corrected chi connectivity index (χ2v) is 7.96. The normalized spacial score (nSPS) is 22.9. The summed E-state index contributed by atoms with van der Waals surface area (Å²) in [6.07, 6.45) is 12.5. The van der Waals surface area contributed by atoms with Gasteiger partial charge in [-0.25, -0.2) is 9.97 Å². The number of aromatic amines is 1. The fourth-order valence-electron chi connectivity index (χ4n) is 4.32. The van der Waals surface area contributed by atoms with Crippen molar-refractivity contribution in [3.05, 3.63) is 36.7 Å². The van der Waals surface area contributed by atoms with Crippen LogP contribution in [0.2, 0.25) is 0 Å². The number of amides is 1. The summed E-state index contributed by atoms with van der Waals surface area (Å²) in [5.41, 5.74) is 1.05. The number of nitrogens with zero attached hydrogens (tertiary/aromatic N) is 4. The van der Waals surface area contributed by atoms with Crippen LogP contribution in [0.25, 0.3) is 16.7 Å². The predicted molar refractivity (Wildman–Crippen MR) is 103 cm³/mol. The molecule has 1 saturated heterocycles. The molecule has 1 amide bonds. The van der Waals surface area contributed by atoms with Gasteiger partial charge < -0.3 is 10.1 Å². The molecule has 28 heavy (non-hydrogen) atoms. The first kappa shape index (κ1) is 17.4. The van der Waals surface area contributed by atoms with Crippen molar-refractivity contribution in [2.75, 3.05) is 13.2 Å². The number of fused-ring (bicyclic) bond motifs is 1. The van der Waals surface area contributed by atoms with Crippen LogP contribution in [0.3, 0.4) is 0 Å². The number of ether oxygens (including phenoxy) is 1. The van der Waals surface area contributed by atoms with Gasteiger partial charge in [0.05, 0.1) is 24.9 Å². The van der Waals surface area contributed by atoms with Crippen LogP contribution in [0.4, 0.5) is 0 Å². The van der Waals surface area contributed by atoms with Crippen LogP contribution in [0.15, 0.2) is 31.0 Å². The molecule has 2 N–H and O–H groups in total. The summed E-state index contributed by atoms with van der Waals surface area (Å²) in [5.74, 6) is 2.03. The van der Waals surface area contributed by atoms with Crippen molar-refractivity contribution in [2.45, 2.75) is 38.1 Å². The third-order valence-electron chi connectivity index (χ3n) is 5.96. The molecule has 8 heteroatoms. The van der Waals surface area contributed by atoms with E-state index in [1.54, 1.807) is 23.3 Å². The second-order valence-electron chi connectivity index (χ2n) is 7.96. The number of carbonyl (C=O) groups is 1. The van der Waals surface area contributed by atoms with Crippen molar-refractivity contribution < 1.29 is 9.53 Å². The van der Waals surface area contributed by atoms with Crippen LogP contribution < -0.4 is 5.32 Å². The Morgan fingerprint density at radius 3 is 2.82 bits per heavy atom. The number of carbonyl (C=O) groups excluding carboxylic acids is 1. The molecule has 5 rings (SSSR count). The van der Waals surface area contributed by atoms with E-state index in [0.717, 1.165) is 43.3 Å². The van der Waals surface area contributed by atoms with Crippen LogP contribution >= 0.6 is 0 Å². The predicted octanol–water partition coefficient (Wildman–Crippen LogP) is 2.47. The highest BCUT2D eigenvalue weighted by molar-refractivity contribution is 6.04. The number of pyridine rings is 1. The lowest BCUT2D eigenvalue weighted by molar-refractivity contribution is -0.0449. The van der Waals surface area contributed by atoms with E-state index in [0.29, 0.717) is 17.0 Å². The standard InChI is InChI=1S/C20H24N6O2/c27-20(23-16-3-1-13(2-4-16)7-14-10-28-11-14)19-18-15(9-22-25-18)8-17(24-19)26-6-5-21-12-26/h5-6,8-9,12-14,16H,1-4,7,10-11H2,(H,22,25)(H,23,27). The highest BCUT2D eigenvalue weighted by Gasteiger charge is 2.28. The van der Waals surface area contributed by atoms with Crippen LogP contribution in [-0.4, -0.2) is 49.9 Å². The van der Waals surface area contributed by atoms with Crippen molar-refractivity contribution in [2.24, 2.45) is 11.8 Å². The lowest BCUT2D eigenvalue weighted by atomic mass is 9.80. The zero-order chi connectivity index (χ0) is 18.9. The summed E-state index contributed by atoms with van der Waals surface area (Å²) in [7, 11) is 0. The Kier molecular flexibility index (Phi) is 4.56. The second kappa shape index (κ2) is 7.35. The van der Waals surface area contributed by atoms with E-state index in [2.05, 4.69) is 25.5 Å². The number of hydrogen-bond acceptors (Lipinski definition) is 5. The number of imidazole rings is 1. The van der Waals surface area contributed by atoms with E-state index in [1.165, 1.54) is 19.3 Å². The molecule has 1 aliphatic heterocycles. The maximum atomic E-state index is 13.0. The molecule has 2 fully saturated rings. The molecule has 0 atom stereocenters. The average Bonchev–Trinajstić information content (AvgIpc) is 3.36. The quantitative estimate of drug-likeness (QED) is 0.709. The summed E-state index contributed by atoms with van der Waals surface area (Å²) in [4.78, 5) is 21.6. The highest BCUT2D eigenvalue weighted by atomic mass is 16.5. The van der Waals surface area contributed by atoms with Crippen molar-refractivity contribution in [1.29, 1.82) is 0 Å². The fraction of sp³-hybridized carbons (Fsp3) is 0.500. The molecular formula is C20H24N6O2. The summed E-state index contributed by atoms with van der Waals surface area (Å²) in [6, 6.07) is 2.10. The minimum absolute atomic E-state index is 0.146. The molecule has 1 aliphatic carbocycles. The Balaban J connectivity index is 1.29. The van der Waals surface area contributed by atoms with E-state index in [4.69, 9.17) is 4.74 Å². The molecule has 2 aliphatic rings. The summed E-state index contributed by atoms with van der Waals surface area (Å²) in [6.45, 7) is 1.85. The zero-order valence-electron chi connectivity index (χ0n) is 15.7. The SMILES string of the molecule is O=C(NC1CCC(CC2COC2)CC1)c1nc(-n2ccnc2)cc2cn[nH]c12.